The Labute approximate surface area is 216 Å². The third-order valence-corrected chi connectivity index (χ3v) is 13.4. The molecular formula is C31H50O3Si. The molecule has 3 nitrogen and oxygen atoms in total. The molecule has 0 saturated carbocycles. The predicted octanol–water partition coefficient (Wildman–Crippen LogP) is 9.11. The van der Waals surface area contributed by atoms with Gasteiger partial charge in [0.2, 0.25) is 8.32 Å². The first-order valence-corrected chi connectivity index (χ1v) is 16.7. The fourth-order valence-corrected chi connectivity index (χ4v) is 6.57. The zero-order valence-corrected chi connectivity index (χ0v) is 25.1. The lowest BCUT2D eigenvalue weighted by atomic mass is 9.66. The average molecular weight is 499 g/mol. The molecule has 0 aromatic heterocycles. The fraction of sp³-hybridized carbons (Fsp3) is 0.710. The zero-order valence-electron chi connectivity index (χ0n) is 24.1. The van der Waals surface area contributed by atoms with E-state index in [-0.39, 0.29) is 22.0 Å². The lowest BCUT2D eigenvalue weighted by Gasteiger charge is -2.48. The van der Waals surface area contributed by atoms with Crippen LogP contribution in [-0.4, -0.2) is 20.2 Å². The molecule has 2 atom stereocenters. The van der Waals surface area contributed by atoms with Gasteiger partial charge in [-0.2, -0.15) is 0 Å². The van der Waals surface area contributed by atoms with Crippen molar-refractivity contribution >= 4 is 14.6 Å². The molecule has 0 bridgehead atoms. The van der Waals surface area contributed by atoms with E-state index in [2.05, 4.69) is 86.7 Å². The second-order valence-electron chi connectivity index (χ2n) is 13.7. The summed E-state index contributed by atoms with van der Waals surface area (Å²) in [4.78, 5) is 11.8. The summed E-state index contributed by atoms with van der Waals surface area (Å²) in [6.07, 6.45) is 11.0. The fourth-order valence-electron chi connectivity index (χ4n) is 5.54. The number of aldehydes is 1. The number of rotatable bonds is 9. The lowest BCUT2D eigenvalue weighted by molar-refractivity contribution is -0.105. The number of unbranched alkanes of at least 4 members (excludes halogenated alkanes) is 3. The summed E-state index contributed by atoms with van der Waals surface area (Å²) in [6, 6.07) is 4.63. The molecule has 0 spiro atoms. The molecule has 1 aliphatic heterocycles. The predicted molar refractivity (Wildman–Crippen MR) is 150 cm³/mol. The van der Waals surface area contributed by atoms with Crippen LogP contribution in [0.1, 0.15) is 117 Å². The average Bonchev–Trinajstić information content (AvgIpc) is 2.74. The van der Waals surface area contributed by atoms with Crippen LogP contribution in [0.3, 0.4) is 0 Å². The second kappa shape index (κ2) is 10.1. The van der Waals surface area contributed by atoms with Crippen molar-refractivity contribution in [1.29, 1.82) is 0 Å². The molecule has 0 radical (unpaired) electrons. The van der Waals surface area contributed by atoms with Crippen LogP contribution in [0.5, 0.6) is 11.5 Å². The number of allylic oxidation sites excluding steroid dienone is 2. The molecule has 4 heteroatoms. The van der Waals surface area contributed by atoms with Crippen LogP contribution in [0, 0.1) is 5.92 Å². The quantitative estimate of drug-likeness (QED) is 0.193. The number of carbonyl (C=O) groups is 1. The van der Waals surface area contributed by atoms with Crippen molar-refractivity contribution in [3.8, 4) is 11.5 Å². The standard InChI is InChI=1S/C31H50O3Si/c1-11-12-13-14-17-30(5,6)23-19-26-28(27(20-23)34-35(9,10)29(2,3)4)24-18-22(21-32)15-16-25(24)31(7,8)33-26/h15,19-21,24-25H,11-14,16-18H2,1-10H3/t24-,25-/m1/s1. The third kappa shape index (κ3) is 5.89. The van der Waals surface area contributed by atoms with Crippen LogP contribution in [0.15, 0.2) is 23.8 Å². The van der Waals surface area contributed by atoms with E-state index >= 15 is 0 Å². The van der Waals surface area contributed by atoms with Crippen molar-refractivity contribution in [2.75, 3.05) is 0 Å². The molecule has 1 aromatic carbocycles. The Kier molecular flexibility index (Phi) is 8.06. The highest BCUT2D eigenvalue weighted by molar-refractivity contribution is 6.74. The van der Waals surface area contributed by atoms with E-state index in [0.717, 1.165) is 42.6 Å². The van der Waals surface area contributed by atoms with Gasteiger partial charge in [0.1, 0.15) is 23.4 Å². The summed E-state index contributed by atoms with van der Waals surface area (Å²) >= 11 is 0. The van der Waals surface area contributed by atoms with E-state index in [1.165, 1.54) is 36.8 Å². The van der Waals surface area contributed by atoms with Crippen LogP contribution in [0.2, 0.25) is 18.1 Å². The molecule has 0 saturated heterocycles. The number of ether oxygens (including phenoxy) is 1. The molecule has 1 aliphatic carbocycles. The Morgan fingerprint density at radius 1 is 1.11 bits per heavy atom. The van der Waals surface area contributed by atoms with Crippen molar-refractivity contribution in [2.24, 2.45) is 5.92 Å². The van der Waals surface area contributed by atoms with Gasteiger partial charge in [0.25, 0.3) is 0 Å². The van der Waals surface area contributed by atoms with Crippen LogP contribution in [0.4, 0.5) is 0 Å². The molecule has 2 aliphatic rings. The zero-order chi connectivity index (χ0) is 26.2. The molecule has 0 unspecified atom stereocenters. The Morgan fingerprint density at radius 2 is 1.80 bits per heavy atom. The van der Waals surface area contributed by atoms with Gasteiger partial charge in [-0.3, -0.25) is 4.79 Å². The summed E-state index contributed by atoms with van der Waals surface area (Å²) in [7, 11) is -2.08. The minimum atomic E-state index is -2.08. The number of fused-ring (bicyclic) bond motifs is 3. The van der Waals surface area contributed by atoms with E-state index in [0.29, 0.717) is 5.92 Å². The smallest absolute Gasteiger partial charge is 0.250 e. The maximum Gasteiger partial charge on any atom is 0.250 e. The third-order valence-electron chi connectivity index (χ3n) is 9.08. The van der Waals surface area contributed by atoms with E-state index in [1.807, 2.05) is 0 Å². The van der Waals surface area contributed by atoms with Crippen LogP contribution >= 0.6 is 0 Å². The highest BCUT2D eigenvalue weighted by Crippen LogP contribution is 2.56. The first-order chi connectivity index (χ1) is 16.1. The summed E-state index contributed by atoms with van der Waals surface area (Å²) < 4.78 is 13.9. The minimum absolute atomic E-state index is 0.0408. The number of hydrogen-bond acceptors (Lipinski definition) is 3. The summed E-state index contributed by atoms with van der Waals surface area (Å²) in [5.41, 5.74) is 3.16. The van der Waals surface area contributed by atoms with Crippen molar-refractivity contribution in [1.82, 2.24) is 0 Å². The van der Waals surface area contributed by atoms with Crippen LogP contribution in [0.25, 0.3) is 0 Å². The number of carbonyl (C=O) groups excluding carboxylic acids is 1. The maximum atomic E-state index is 11.8. The monoisotopic (exact) mass is 498 g/mol. The molecule has 0 amide bonds. The summed E-state index contributed by atoms with van der Waals surface area (Å²) in [5.74, 6) is 2.54. The SMILES string of the molecule is CCCCCCC(C)(C)c1cc2c(c(O[Si](C)(C)C(C)(C)C)c1)[C@@H]1CC(C=O)=CC[C@H]1C(C)(C)O2. The molecule has 35 heavy (non-hydrogen) atoms. The first kappa shape index (κ1) is 28.0. The van der Waals surface area contributed by atoms with Gasteiger partial charge in [-0.1, -0.05) is 73.3 Å². The van der Waals surface area contributed by atoms with E-state index < -0.39 is 8.32 Å². The second-order valence-corrected chi connectivity index (χ2v) is 18.4. The van der Waals surface area contributed by atoms with Gasteiger partial charge in [0.05, 0.1) is 0 Å². The van der Waals surface area contributed by atoms with Gasteiger partial charge in [-0.15, -0.1) is 0 Å². The van der Waals surface area contributed by atoms with Gasteiger partial charge < -0.3 is 9.16 Å². The van der Waals surface area contributed by atoms with Gasteiger partial charge in [0, 0.05) is 17.4 Å². The normalized spacial score (nSPS) is 21.9. The highest BCUT2D eigenvalue weighted by atomic mass is 28.4. The van der Waals surface area contributed by atoms with E-state index in [1.54, 1.807) is 0 Å². The Bertz CT molecular complexity index is 949. The molecule has 1 heterocycles. The van der Waals surface area contributed by atoms with Crippen molar-refractivity contribution in [3.63, 3.8) is 0 Å². The van der Waals surface area contributed by atoms with Gasteiger partial charge in [-0.05, 0) is 79.9 Å². The van der Waals surface area contributed by atoms with Crippen LogP contribution < -0.4 is 9.16 Å². The van der Waals surface area contributed by atoms with E-state index in [4.69, 9.17) is 9.16 Å². The largest absolute Gasteiger partial charge is 0.543 e. The molecular weight excluding hydrogens is 448 g/mol. The summed E-state index contributed by atoms with van der Waals surface area (Å²) in [5, 5.41) is 0.0974. The van der Waals surface area contributed by atoms with Crippen LogP contribution in [-0.2, 0) is 10.2 Å². The molecule has 1 aromatic rings. The highest BCUT2D eigenvalue weighted by Gasteiger charge is 2.48. The Morgan fingerprint density at radius 3 is 2.40 bits per heavy atom. The first-order valence-electron chi connectivity index (χ1n) is 13.8. The molecule has 0 N–H and O–H groups in total. The van der Waals surface area contributed by atoms with Gasteiger partial charge in [-0.25, -0.2) is 0 Å². The summed E-state index contributed by atoms with van der Waals surface area (Å²) in [6.45, 7) is 22.9. The van der Waals surface area contributed by atoms with E-state index in [9.17, 15) is 4.79 Å². The topological polar surface area (TPSA) is 35.5 Å². The molecule has 3 rings (SSSR count). The number of hydrogen-bond donors (Lipinski definition) is 0. The molecule has 196 valence electrons. The Hall–Kier alpha value is -1.55. The minimum Gasteiger partial charge on any atom is -0.543 e. The van der Waals surface area contributed by atoms with Gasteiger partial charge >= 0.3 is 0 Å². The molecule has 0 fully saturated rings. The maximum absolute atomic E-state index is 11.8. The Balaban J connectivity index is 2.14. The van der Waals surface area contributed by atoms with Crippen molar-refractivity contribution < 1.29 is 14.0 Å². The van der Waals surface area contributed by atoms with Crippen molar-refractivity contribution in [2.45, 2.75) is 135 Å². The number of benzene rings is 1. The van der Waals surface area contributed by atoms with Gasteiger partial charge in [0.15, 0.2) is 0 Å². The lowest BCUT2D eigenvalue weighted by Crippen LogP contribution is -2.47. The van der Waals surface area contributed by atoms with Crippen molar-refractivity contribution in [3.05, 3.63) is 34.9 Å².